The molecule has 2 aliphatic heterocycles. The Labute approximate surface area is 218 Å². The van der Waals surface area contributed by atoms with Crippen LogP contribution in [0.4, 0.5) is 0 Å². The number of H-pyrrole nitrogens is 1. The molecule has 3 heterocycles. The van der Waals surface area contributed by atoms with E-state index in [4.69, 9.17) is 9.47 Å². The normalized spacial score (nSPS) is 21.3. The van der Waals surface area contributed by atoms with Gasteiger partial charge < -0.3 is 24.3 Å². The van der Waals surface area contributed by atoms with Crippen LogP contribution in [-0.2, 0) is 16.0 Å². The number of fused-ring (bicyclic) bond motifs is 2. The molecule has 7 nitrogen and oxygen atoms in total. The number of para-hydroxylation sites is 2. The van der Waals surface area contributed by atoms with Gasteiger partial charge in [-0.1, -0.05) is 49.7 Å². The lowest BCUT2D eigenvalue weighted by atomic mass is 9.90. The summed E-state index contributed by atoms with van der Waals surface area (Å²) in [4.78, 5) is 34.6. The zero-order valence-corrected chi connectivity index (χ0v) is 21.7. The quantitative estimate of drug-likeness (QED) is 0.554. The van der Waals surface area contributed by atoms with Crippen LogP contribution in [0.15, 0.2) is 54.6 Å². The van der Waals surface area contributed by atoms with E-state index < -0.39 is 5.60 Å². The molecule has 7 heteroatoms. The van der Waals surface area contributed by atoms with E-state index >= 15 is 0 Å². The number of amides is 2. The minimum Gasteiger partial charge on any atom is -0.491 e. The summed E-state index contributed by atoms with van der Waals surface area (Å²) >= 11 is 0. The lowest BCUT2D eigenvalue weighted by molar-refractivity contribution is -0.170. The van der Waals surface area contributed by atoms with Crippen molar-refractivity contribution in [3.8, 4) is 5.75 Å². The van der Waals surface area contributed by atoms with Crippen molar-refractivity contribution in [1.82, 2.24) is 14.8 Å². The van der Waals surface area contributed by atoms with Crippen molar-refractivity contribution < 1.29 is 19.1 Å². The summed E-state index contributed by atoms with van der Waals surface area (Å²) in [5.41, 5.74) is 1.64. The van der Waals surface area contributed by atoms with Crippen molar-refractivity contribution >= 4 is 22.7 Å². The molecule has 1 saturated heterocycles. The molecular formula is C30H37N3O4. The second-order valence-electron chi connectivity index (χ2n) is 10.1. The van der Waals surface area contributed by atoms with Crippen molar-refractivity contribution in [2.75, 3.05) is 39.4 Å². The fraction of sp³-hybridized carbons (Fsp3) is 0.467. The van der Waals surface area contributed by atoms with E-state index in [1.165, 1.54) is 5.56 Å². The first-order valence-corrected chi connectivity index (χ1v) is 13.6. The Balaban J connectivity index is 1.40. The average molecular weight is 504 g/mol. The number of aromatic nitrogens is 1. The first kappa shape index (κ1) is 25.3. The Hall–Kier alpha value is -3.32. The predicted octanol–water partition coefficient (Wildman–Crippen LogP) is 4.81. The summed E-state index contributed by atoms with van der Waals surface area (Å²) in [6.07, 6.45) is 5.13. The van der Waals surface area contributed by atoms with Gasteiger partial charge in [0.15, 0.2) is 5.60 Å². The van der Waals surface area contributed by atoms with E-state index in [1.54, 1.807) is 4.90 Å². The molecule has 0 bridgehead atoms. The number of morpholine rings is 1. The van der Waals surface area contributed by atoms with Gasteiger partial charge in [0.25, 0.3) is 11.8 Å². The lowest BCUT2D eigenvalue weighted by Gasteiger charge is -2.44. The van der Waals surface area contributed by atoms with Gasteiger partial charge in [-0.15, -0.1) is 0 Å². The zero-order valence-electron chi connectivity index (χ0n) is 21.7. The molecule has 37 heavy (non-hydrogen) atoms. The molecule has 0 saturated carbocycles. The fourth-order valence-corrected chi connectivity index (χ4v) is 5.50. The maximum absolute atomic E-state index is 14.1. The number of rotatable bonds is 4. The molecule has 5 rings (SSSR count). The first-order chi connectivity index (χ1) is 18.1. The van der Waals surface area contributed by atoms with Crippen LogP contribution in [0.2, 0.25) is 0 Å². The number of aryl methyl sites for hydroxylation is 1. The number of carbonyl (C=O) groups excluding carboxylic acids is 2. The highest BCUT2D eigenvalue weighted by Crippen LogP contribution is 2.30. The Kier molecular flexibility index (Phi) is 7.79. The molecule has 1 spiro atoms. The van der Waals surface area contributed by atoms with Gasteiger partial charge in [0.05, 0.1) is 19.7 Å². The molecule has 2 aromatic carbocycles. The molecular weight excluding hydrogens is 466 g/mol. The highest BCUT2D eigenvalue weighted by Gasteiger charge is 2.46. The summed E-state index contributed by atoms with van der Waals surface area (Å²) < 4.78 is 12.5. The standard InChI is InChI=1S/C30H37N3O4/c1-2-3-16-32-17-19-36-27-14-7-5-10-23(27)11-8-9-15-30(29(32)35)22-33(18-20-37-30)28(34)26-21-24-12-4-6-13-25(24)31-26/h4-7,10,12-14,21,31H,2-3,8-9,11,15-20,22H2,1H3. The number of ether oxygens (including phenoxy) is 2. The van der Waals surface area contributed by atoms with Gasteiger partial charge in [0.2, 0.25) is 0 Å². The van der Waals surface area contributed by atoms with Crippen molar-refractivity contribution in [3.05, 3.63) is 65.9 Å². The number of benzene rings is 2. The summed E-state index contributed by atoms with van der Waals surface area (Å²) in [7, 11) is 0. The smallest absolute Gasteiger partial charge is 0.270 e. The van der Waals surface area contributed by atoms with Gasteiger partial charge in [-0.05, 0) is 55.9 Å². The highest BCUT2D eigenvalue weighted by atomic mass is 16.5. The van der Waals surface area contributed by atoms with Crippen molar-refractivity contribution in [2.24, 2.45) is 0 Å². The number of nitrogens with one attached hydrogen (secondary N) is 1. The van der Waals surface area contributed by atoms with E-state index in [-0.39, 0.29) is 18.4 Å². The fourth-order valence-electron chi connectivity index (χ4n) is 5.50. The maximum Gasteiger partial charge on any atom is 0.270 e. The third-order valence-electron chi connectivity index (χ3n) is 7.56. The third kappa shape index (κ3) is 5.52. The number of nitrogens with zero attached hydrogens (tertiary/aromatic N) is 2. The van der Waals surface area contributed by atoms with E-state index in [9.17, 15) is 9.59 Å². The number of hydrogen-bond acceptors (Lipinski definition) is 4. The minimum absolute atomic E-state index is 0.0208. The van der Waals surface area contributed by atoms with E-state index in [2.05, 4.69) is 18.0 Å². The van der Waals surface area contributed by atoms with Gasteiger partial charge in [-0.2, -0.15) is 0 Å². The Bertz CT molecular complexity index is 1210. The maximum atomic E-state index is 14.1. The van der Waals surface area contributed by atoms with Crippen molar-refractivity contribution in [2.45, 2.75) is 51.0 Å². The van der Waals surface area contributed by atoms with Crippen LogP contribution >= 0.6 is 0 Å². The Morgan fingerprint density at radius 2 is 1.89 bits per heavy atom. The van der Waals surface area contributed by atoms with Gasteiger partial charge in [-0.25, -0.2) is 0 Å². The molecule has 2 aliphatic rings. The van der Waals surface area contributed by atoms with Gasteiger partial charge in [0.1, 0.15) is 18.1 Å². The van der Waals surface area contributed by atoms with Crippen LogP contribution in [0.1, 0.15) is 55.1 Å². The minimum atomic E-state index is -1.04. The monoisotopic (exact) mass is 503 g/mol. The molecule has 0 aliphatic carbocycles. The number of hydrogen-bond donors (Lipinski definition) is 1. The van der Waals surface area contributed by atoms with Crippen LogP contribution in [0, 0.1) is 0 Å². The molecule has 1 fully saturated rings. The second-order valence-corrected chi connectivity index (χ2v) is 10.1. The van der Waals surface area contributed by atoms with E-state index in [1.807, 2.05) is 53.4 Å². The molecule has 1 atom stereocenters. The van der Waals surface area contributed by atoms with E-state index in [0.29, 0.717) is 45.0 Å². The first-order valence-electron chi connectivity index (χ1n) is 13.6. The topological polar surface area (TPSA) is 74.9 Å². The van der Waals surface area contributed by atoms with Crippen molar-refractivity contribution in [1.29, 1.82) is 0 Å². The number of unbranched alkanes of at least 4 members (excludes halogenated alkanes) is 1. The van der Waals surface area contributed by atoms with Crippen LogP contribution < -0.4 is 4.74 Å². The molecule has 3 aromatic rings. The third-order valence-corrected chi connectivity index (χ3v) is 7.56. The molecule has 196 valence electrons. The van der Waals surface area contributed by atoms with Gasteiger partial charge in [-0.3, -0.25) is 9.59 Å². The Morgan fingerprint density at radius 1 is 1.05 bits per heavy atom. The number of carbonyl (C=O) groups is 2. The molecule has 2 amide bonds. The largest absolute Gasteiger partial charge is 0.491 e. The number of aromatic amines is 1. The summed E-state index contributed by atoms with van der Waals surface area (Å²) in [5.74, 6) is 0.799. The average Bonchev–Trinajstić information content (AvgIpc) is 3.37. The molecule has 0 radical (unpaired) electrons. The van der Waals surface area contributed by atoms with Crippen LogP contribution in [-0.4, -0.2) is 71.6 Å². The van der Waals surface area contributed by atoms with Crippen LogP contribution in [0.5, 0.6) is 5.75 Å². The van der Waals surface area contributed by atoms with Crippen LogP contribution in [0.25, 0.3) is 10.9 Å². The predicted molar refractivity (Wildman–Crippen MR) is 144 cm³/mol. The van der Waals surface area contributed by atoms with Crippen LogP contribution in [0.3, 0.4) is 0 Å². The SMILES string of the molecule is CCCCN1CCOc2ccccc2CCCCC2(CN(C(=O)c3cc4ccccc4[nH]3)CCO2)C1=O. The zero-order chi connectivity index (χ0) is 25.7. The van der Waals surface area contributed by atoms with Crippen molar-refractivity contribution in [3.63, 3.8) is 0 Å². The van der Waals surface area contributed by atoms with Gasteiger partial charge >= 0.3 is 0 Å². The van der Waals surface area contributed by atoms with E-state index in [0.717, 1.165) is 48.8 Å². The molecule has 1 aromatic heterocycles. The summed E-state index contributed by atoms with van der Waals surface area (Å²) in [6, 6.07) is 17.9. The molecule has 1 unspecified atom stereocenters. The second kappa shape index (κ2) is 11.4. The molecule has 1 N–H and O–H groups in total. The van der Waals surface area contributed by atoms with Gasteiger partial charge in [0, 0.05) is 24.0 Å². The lowest BCUT2D eigenvalue weighted by Crippen LogP contribution is -2.62. The Morgan fingerprint density at radius 3 is 2.76 bits per heavy atom. The summed E-state index contributed by atoms with van der Waals surface area (Å²) in [5, 5.41) is 1.00. The highest BCUT2D eigenvalue weighted by molar-refractivity contribution is 5.98. The summed E-state index contributed by atoms with van der Waals surface area (Å²) in [6.45, 7) is 4.78.